The van der Waals surface area contributed by atoms with Crippen molar-refractivity contribution in [3.05, 3.63) is 28.8 Å². The molecule has 94 valence electrons. The summed E-state index contributed by atoms with van der Waals surface area (Å²) in [4.78, 5) is 11.5. The van der Waals surface area contributed by atoms with Crippen LogP contribution in [0.25, 0.3) is 0 Å². The molecule has 0 amide bonds. The minimum Gasteiger partial charge on any atom is -0.496 e. The summed E-state index contributed by atoms with van der Waals surface area (Å²) in [6.07, 6.45) is 0. The Morgan fingerprint density at radius 3 is 2.29 bits per heavy atom. The molecule has 0 saturated heterocycles. The first-order valence-corrected chi connectivity index (χ1v) is 5.90. The van der Waals surface area contributed by atoms with E-state index in [1.807, 2.05) is 26.0 Å². The number of hydrogen-bond donors (Lipinski definition) is 0. The number of methoxy groups -OCH3 is 1. The van der Waals surface area contributed by atoms with Gasteiger partial charge in [0.2, 0.25) is 0 Å². The molecule has 0 spiro atoms. The maximum atomic E-state index is 11.5. The molecule has 0 radical (unpaired) electrons. The quantitative estimate of drug-likeness (QED) is 0.613. The van der Waals surface area contributed by atoms with Gasteiger partial charge in [0.25, 0.3) is 0 Å². The molecule has 1 aromatic rings. The minimum atomic E-state index is -0.766. The molecule has 17 heavy (non-hydrogen) atoms. The van der Waals surface area contributed by atoms with Crippen molar-refractivity contribution in [3.8, 4) is 5.75 Å². The lowest BCUT2D eigenvalue weighted by Gasteiger charge is -2.14. The van der Waals surface area contributed by atoms with Gasteiger partial charge in [0.05, 0.1) is 13.7 Å². The molecule has 3 nitrogen and oxygen atoms in total. The number of ether oxygens (including phenoxy) is 2. The third-order valence-electron chi connectivity index (χ3n) is 2.47. The highest BCUT2D eigenvalue weighted by molar-refractivity contribution is 6.30. The summed E-state index contributed by atoms with van der Waals surface area (Å²) in [6.45, 7) is 5.93. The van der Waals surface area contributed by atoms with E-state index in [2.05, 4.69) is 0 Å². The van der Waals surface area contributed by atoms with E-state index >= 15 is 0 Å². The topological polar surface area (TPSA) is 35.5 Å². The zero-order valence-corrected chi connectivity index (χ0v) is 11.3. The van der Waals surface area contributed by atoms with Crippen LogP contribution in [0.3, 0.4) is 0 Å². The van der Waals surface area contributed by atoms with Crippen LogP contribution in [0.4, 0.5) is 0 Å². The molecule has 1 rings (SSSR count). The number of carbonyl (C=O) groups excluding carboxylic acids is 1. The number of rotatable bonds is 4. The molecular weight excluding hydrogens is 240 g/mol. The average molecular weight is 257 g/mol. The van der Waals surface area contributed by atoms with E-state index in [0.29, 0.717) is 6.61 Å². The summed E-state index contributed by atoms with van der Waals surface area (Å²) in [6, 6.07) is 3.70. The minimum absolute atomic E-state index is 0.330. The van der Waals surface area contributed by atoms with Crippen molar-refractivity contribution in [1.82, 2.24) is 0 Å². The van der Waals surface area contributed by atoms with Crippen molar-refractivity contribution >= 4 is 17.6 Å². The maximum Gasteiger partial charge on any atom is 0.328 e. The lowest BCUT2D eigenvalue weighted by Crippen LogP contribution is -2.11. The van der Waals surface area contributed by atoms with E-state index in [4.69, 9.17) is 21.1 Å². The van der Waals surface area contributed by atoms with Gasteiger partial charge >= 0.3 is 5.97 Å². The normalized spacial score (nSPS) is 12.1. The first-order chi connectivity index (χ1) is 8.01. The zero-order chi connectivity index (χ0) is 13.0. The zero-order valence-electron chi connectivity index (χ0n) is 10.5. The second-order valence-corrected chi connectivity index (χ2v) is 4.24. The van der Waals surface area contributed by atoms with Gasteiger partial charge in [-0.15, -0.1) is 11.6 Å². The highest BCUT2D eigenvalue weighted by Gasteiger charge is 2.20. The van der Waals surface area contributed by atoms with Crippen molar-refractivity contribution in [3.63, 3.8) is 0 Å². The lowest BCUT2D eigenvalue weighted by atomic mass is 10.0. The van der Waals surface area contributed by atoms with Gasteiger partial charge in [-0.3, -0.25) is 4.79 Å². The van der Waals surface area contributed by atoms with Crippen molar-refractivity contribution in [2.45, 2.75) is 26.1 Å². The summed E-state index contributed by atoms with van der Waals surface area (Å²) < 4.78 is 10.2. The van der Waals surface area contributed by atoms with Crippen LogP contribution in [0, 0.1) is 13.8 Å². The molecule has 0 N–H and O–H groups in total. The van der Waals surface area contributed by atoms with Gasteiger partial charge in [-0.1, -0.05) is 12.1 Å². The maximum absolute atomic E-state index is 11.5. The predicted molar refractivity (Wildman–Crippen MR) is 67.7 cm³/mol. The van der Waals surface area contributed by atoms with Gasteiger partial charge < -0.3 is 9.47 Å². The summed E-state index contributed by atoms with van der Waals surface area (Å²) >= 11 is 6.06. The molecule has 0 aromatic heterocycles. The van der Waals surface area contributed by atoms with Gasteiger partial charge in [-0.2, -0.15) is 0 Å². The van der Waals surface area contributed by atoms with E-state index in [1.54, 1.807) is 14.0 Å². The number of alkyl halides is 1. The molecular formula is C13H17ClO3. The van der Waals surface area contributed by atoms with E-state index < -0.39 is 11.3 Å². The van der Waals surface area contributed by atoms with Crippen LogP contribution < -0.4 is 4.74 Å². The molecule has 0 aliphatic carbocycles. The number of benzene rings is 1. The lowest BCUT2D eigenvalue weighted by molar-refractivity contribution is -0.142. The molecule has 0 fully saturated rings. The smallest absolute Gasteiger partial charge is 0.328 e. The fraction of sp³-hybridized carbons (Fsp3) is 0.462. The predicted octanol–water partition coefficient (Wildman–Crippen LogP) is 3.16. The van der Waals surface area contributed by atoms with Crippen LogP contribution in [0.15, 0.2) is 12.1 Å². The van der Waals surface area contributed by atoms with E-state index in [9.17, 15) is 4.79 Å². The first-order valence-electron chi connectivity index (χ1n) is 5.47. The van der Waals surface area contributed by atoms with E-state index in [-0.39, 0.29) is 0 Å². The van der Waals surface area contributed by atoms with E-state index in [1.165, 1.54) is 0 Å². The number of halogens is 1. The molecule has 1 atom stereocenters. The second-order valence-electron chi connectivity index (χ2n) is 3.80. The van der Waals surface area contributed by atoms with Crippen LogP contribution in [0.5, 0.6) is 5.75 Å². The summed E-state index contributed by atoms with van der Waals surface area (Å²) in [5.41, 5.74) is 2.65. The Morgan fingerprint density at radius 1 is 1.35 bits per heavy atom. The Labute approximate surface area is 107 Å². The standard InChI is InChI=1S/C13H17ClO3/c1-5-17-13(15)11(14)10-6-8(2)12(16-4)9(3)7-10/h6-7,11H,5H2,1-4H3. The molecule has 4 heteroatoms. The molecule has 0 bridgehead atoms. The second kappa shape index (κ2) is 5.92. The van der Waals surface area contributed by atoms with Gasteiger partial charge in [-0.25, -0.2) is 0 Å². The number of carbonyl (C=O) groups is 1. The van der Waals surface area contributed by atoms with Crippen molar-refractivity contribution in [2.24, 2.45) is 0 Å². The fourth-order valence-electron chi connectivity index (χ4n) is 1.80. The van der Waals surface area contributed by atoms with Crippen LogP contribution in [-0.4, -0.2) is 19.7 Å². The third kappa shape index (κ3) is 3.13. The molecule has 0 aliphatic heterocycles. The highest BCUT2D eigenvalue weighted by atomic mass is 35.5. The Bertz CT molecular complexity index is 392. The molecule has 0 heterocycles. The molecule has 0 saturated carbocycles. The monoisotopic (exact) mass is 256 g/mol. The SMILES string of the molecule is CCOC(=O)C(Cl)c1cc(C)c(OC)c(C)c1. The van der Waals surface area contributed by atoms with Gasteiger partial charge in [0.15, 0.2) is 5.38 Å². The van der Waals surface area contributed by atoms with Gasteiger partial charge in [0.1, 0.15) is 5.75 Å². The highest BCUT2D eigenvalue weighted by Crippen LogP contribution is 2.30. The molecule has 1 unspecified atom stereocenters. The largest absolute Gasteiger partial charge is 0.496 e. The Morgan fingerprint density at radius 2 is 1.88 bits per heavy atom. The Balaban J connectivity index is 3.04. The van der Waals surface area contributed by atoms with Gasteiger partial charge in [0, 0.05) is 0 Å². The summed E-state index contributed by atoms with van der Waals surface area (Å²) in [5.74, 6) is 0.402. The molecule has 1 aromatic carbocycles. The van der Waals surface area contributed by atoms with Crippen LogP contribution in [0.1, 0.15) is 29.0 Å². The Kier molecular flexibility index (Phi) is 4.82. The first kappa shape index (κ1) is 13.8. The van der Waals surface area contributed by atoms with E-state index in [0.717, 1.165) is 22.4 Å². The van der Waals surface area contributed by atoms with Crippen molar-refractivity contribution in [2.75, 3.05) is 13.7 Å². The van der Waals surface area contributed by atoms with Crippen molar-refractivity contribution in [1.29, 1.82) is 0 Å². The number of aryl methyl sites for hydroxylation is 2. The Hall–Kier alpha value is -1.22. The summed E-state index contributed by atoms with van der Waals surface area (Å²) in [7, 11) is 1.62. The number of esters is 1. The third-order valence-corrected chi connectivity index (χ3v) is 2.90. The van der Waals surface area contributed by atoms with Crippen LogP contribution in [-0.2, 0) is 9.53 Å². The molecule has 0 aliphatic rings. The number of hydrogen-bond acceptors (Lipinski definition) is 3. The van der Waals surface area contributed by atoms with Crippen LogP contribution in [0.2, 0.25) is 0 Å². The van der Waals surface area contributed by atoms with Crippen LogP contribution >= 0.6 is 11.6 Å². The van der Waals surface area contributed by atoms with Gasteiger partial charge in [-0.05, 0) is 37.5 Å². The fourth-order valence-corrected chi connectivity index (χ4v) is 1.99. The van der Waals surface area contributed by atoms with Crippen molar-refractivity contribution < 1.29 is 14.3 Å². The summed E-state index contributed by atoms with van der Waals surface area (Å²) in [5, 5.41) is -0.766. The average Bonchev–Trinajstić information content (AvgIpc) is 2.27.